The molecule has 0 amide bonds. The molecule has 1 fully saturated rings. The Morgan fingerprint density at radius 3 is 2.39 bits per heavy atom. The molecule has 1 aromatic heterocycles. The summed E-state index contributed by atoms with van der Waals surface area (Å²) in [6.45, 7) is 0. The Morgan fingerprint density at radius 2 is 1.87 bits per heavy atom. The third kappa shape index (κ3) is 3.64. The van der Waals surface area contributed by atoms with E-state index in [9.17, 15) is 18.0 Å². The van der Waals surface area contributed by atoms with Gasteiger partial charge in [-0.1, -0.05) is 11.6 Å². The van der Waals surface area contributed by atoms with Crippen LogP contribution in [0.15, 0.2) is 42.6 Å². The molecule has 7 heteroatoms. The van der Waals surface area contributed by atoms with E-state index in [1.54, 1.807) is 24.3 Å². The summed E-state index contributed by atoms with van der Waals surface area (Å²) >= 11 is 5.76. The monoisotopic (exact) mass is 341 g/mol. The summed E-state index contributed by atoms with van der Waals surface area (Å²) in [6, 6.07) is 9.49. The summed E-state index contributed by atoms with van der Waals surface area (Å²) in [7, 11) is 0. The van der Waals surface area contributed by atoms with Crippen molar-refractivity contribution in [2.45, 2.75) is 12.6 Å². The average Bonchev–Trinajstić information content (AvgIpc) is 3.30. The van der Waals surface area contributed by atoms with Crippen LogP contribution in [0, 0.1) is 11.8 Å². The molecule has 1 aromatic carbocycles. The van der Waals surface area contributed by atoms with Crippen LogP contribution in [-0.4, -0.2) is 16.9 Å². The Kier molecular flexibility index (Phi) is 4.02. The number of carbonyl (C=O) groups is 1. The molecular formula is C16H11ClF3NO2. The number of hydrogen-bond acceptors (Lipinski definition) is 3. The second-order valence-electron chi connectivity index (χ2n) is 5.30. The minimum absolute atomic E-state index is 0.147. The van der Waals surface area contributed by atoms with E-state index in [-0.39, 0.29) is 17.9 Å². The summed E-state index contributed by atoms with van der Waals surface area (Å²) in [4.78, 5) is 15.9. The normalized spacial score (nSPS) is 20.2. The summed E-state index contributed by atoms with van der Waals surface area (Å²) in [5, 5.41) is 0.565. The van der Waals surface area contributed by atoms with Crippen molar-refractivity contribution in [2.24, 2.45) is 11.8 Å². The smallest absolute Gasteiger partial charge is 0.392 e. The lowest BCUT2D eigenvalue weighted by Gasteiger charge is -2.06. The second-order valence-corrected chi connectivity index (χ2v) is 5.73. The Balaban J connectivity index is 1.66. The Hall–Kier alpha value is -2.08. The molecule has 120 valence electrons. The van der Waals surface area contributed by atoms with Crippen LogP contribution >= 0.6 is 11.6 Å². The highest BCUT2D eigenvalue weighted by Crippen LogP contribution is 2.51. The first-order chi connectivity index (χ1) is 10.8. The van der Waals surface area contributed by atoms with E-state index >= 15 is 0 Å². The fraction of sp³-hybridized carbons (Fsp3) is 0.250. The molecule has 1 aliphatic rings. The first-order valence-corrected chi connectivity index (χ1v) is 7.23. The van der Waals surface area contributed by atoms with Gasteiger partial charge >= 0.3 is 6.18 Å². The second kappa shape index (κ2) is 5.85. The van der Waals surface area contributed by atoms with E-state index in [2.05, 4.69) is 4.98 Å². The van der Waals surface area contributed by atoms with E-state index in [0.29, 0.717) is 10.8 Å². The number of ketones is 1. The molecular weight excluding hydrogens is 331 g/mol. The van der Waals surface area contributed by atoms with E-state index in [1.165, 1.54) is 18.3 Å². The van der Waals surface area contributed by atoms with Crippen LogP contribution in [-0.2, 0) is 0 Å². The van der Waals surface area contributed by atoms with Crippen LogP contribution in [0.3, 0.4) is 0 Å². The zero-order valence-electron chi connectivity index (χ0n) is 11.7. The highest BCUT2D eigenvalue weighted by molar-refractivity contribution is 6.30. The van der Waals surface area contributed by atoms with Gasteiger partial charge in [0.2, 0.25) is 5.88 Å². The number of carbonyl (C=O) groups excluding carboxylic acids is 1. The molecule has 2 unspecified atom stereocenters. The Labute approximate surface area is 135 Å². The lowest BCUT2D eigenvalue weighted by Crippen LogP contribution is -2.15. The lowest BCUT2D eigenvalue weighted by molar-refractivity contribution is -0.149. The standard InChI is InChI=1S/C16H11ClF3NO2/c17-10-2-4-11(5-3-10)23-14-6-1-9(8-21-14)15(22)12-7-13(12)16(18,19)20/h1-6,8,12-13H,7H2. The number of halogens is 4. The molecule has 0 bridgehead atoms. The fourth-order valence-corrected chi connectivity index (χ4v) is 2.40. The SMILES string of the molecule is O=C(c1ccc(Oc2ccc(Cl)cc2)nc1)C1CC1C(F)(F)F. The van der Waals surface area contributed by atoms with Crippen molar-refractivity contribution >= 4 is 17.4 Å². The van der Waals surface area contributed by atoms with Crippen LogP contribution in [0.1, 0.15) is 16.8 Å². The van der Waals surface area contributed by atoms with Gasteiger partial charge in [0.05, 0.1) is 5.92 Å². The van der Waals surface area contributed by atoms with Gasteiger partial charge in [-0.2, -0.15) is 13.2 Å². The van der Waals surface area contributed by atoms with Gasteiger partial charge in [-0.3, -0.25) is 4.79 Å². The van der Waals surface area contributed by atoms with Gasteiger partial charge in [0.1, 0.15) is 5.75 Å². The van der Waals surface area contributed by atoms with E-state index < -0.39 is 23.8 Å². The number of rotatable bonds is 4. The van der Waals surface area contributed by atoms with Crippen LogP contribution in [0.2, 0.25) is 5.02 Å². The van der Waals surface area contributed by atoms with E-state index in [4.69, 9.17) is 16.3 Å². The molecule has 1 aliphatic carbocycles. The number of pyridine rings is 1. The van der Waals surface area contributed by atoms with Gasteiger partial charge < -0.3 is 4.74 Å². The molecule has 23 heavy (non-hydrogen) atoms. The van der Waals surface area contributed by atoms with Crippen molar-refractivity contribution in [2.75, 3.05) is 0 Å². The molecule has 0 saturated heterocycles. The molecule has 0 spiro atoms. The summed E-state index contributed by atoms with van der Waals surface area (Å²) in [5.41, 5.74) is 0.158. The highest BCUT2D eigenvalue weighted by Gasteiger charge is 2.58. The molecule has 1 heterocycles. The lowest BCUT2D eigenvalue weighted by atomic mass is 10.1. The van der Waals surface area contributed by atoms with Crippen molar-refractivity contribution in [3.05, 3.63) is 53.2 Å². The quantitative estimate of drug-likeness (QED) is 0.742. The Bertz CT molecular complexity index is 714. The van der Waals surface area contributed by atoms with Gasteiger partial charge in [0, 0.05) is 28.8 Å². The maximum absolute atomic E-state index is 12.5. The summed E-state index contributed by atoms with van der Waals surface area (Å²) in [6.07, 6.45) is -3.23. The van der Waals surface area contributed by atoms with Crippen LogP contribution in [0.25, 0.3) is 0 Å². The molecule has 0 N–H and O–H groups in total. The molecule has 0 aliphatic heterocycles. The van der Waals surface area contributed by atoms with Crippen molar-refractivity contribution in [1.29, 1.82) is 0 Å². The van der Waals surface area contributed by atoms with E-state index in [1.807, 2.05) is 0 Å². The number of aromatic nitrogens is 1. The van der Waals surface area contributed by atoms with Gasteiger partial charge in [-0.05, 0) is 36.8 Å². The number of ether oxygens (including phenoxy) is 1. The predicted octanol–water partition coefficient (Wildman–Crippen LogP) is 4.91. The largest absolute Gasteiger partial charge is 0.439 e. The van der Waals surface area contributed by atoms with Gasteiger partial charge in [0.25, 0.3) is 0 Å². The third-order valence-electron chi connectivity index (χ3n) is 3.60. The number of benzene rings is 1. The van der Waals surface area contributed by atoms with Crippen molar-refractivity contribution < 1.29 is 22.7 Å². The average molecular weight is 342 g/mol. The predicted molar refractivity (Wildman–Crippen MR) is 77.7 cm³/mol. The number of hydrogen-bond donors (Lipinski definition) is 0. The fourth-order valence-electron chi connectivity index (χ4n) is 2.27. The third-order valence-corrected chi connectivity index (χ3v) is 3.86. The molecule has 0 radical (unpaired) electrons. The van der Waals surface area contributed by atoms with Crippen LogP contribution < -0.4 is 4.74 Å². The van der Waals surface area contributed by atoms with Gasteiger partial charge in [-0.25, -0.2) is 4.98 Å². The zero-order valence-corrected chi connectivity index (χ0v) is 12.4. The molecule has 3 nitrogen and oxygen atoms in total. The number of Topliss-reactive ketones (excluding diaryl/α,β-unsaturated/α-hetero) is 1. The Morgan fingerprint density at radius 1 is 1.17 bits per heavy atom. The molecule has 3 rings (SSSR count). The van der Waals surface area contributed by atoms with Crippen molar-refractivity contribution in [3.8, 4) is 11.6 Å². The summed E-state index contributed by atoms with van der Waals surface area (Å²) < 4.78 is 43.0. The minimum Gasteiger partial charge on any atom is -0.439 e. The zero-order chi connectivity index (χ0) is 16.6. The number of alkyl halides is 3. The maximum Gasteiger partial charge on any atom is 0.392 e. The summed E-state index contributed by atoms with van der Waals surface area (Å²) in [5.74, 6) is -2.29. The van der Waals surface area contributed by atoms with E-state index in [0.717, 1.165) is 0 Å². The maximum atomic E-state index is 12.5. The minimum atomic E-state index is -4.31. The topological polar surface area (TPSA) is 39.2 Å². The van der Waals surface area contributed by atoms with Crippen LogP contribution in [0.5, 0.6) is 11.6 Å². The first-order valence-electron chi connectivity index (χ1n) is 6.85. The number of nitrogens with zero attached hydrogens (tertiary/aromatic N) is 1. The van der Waals surface area contributed by atoms with Crippen LogP contribution in [0.4, 0.5) is 13.2 Å². The van der Waals surface area contributed by atoms with Crippen molar-refractivity contribution in [1.82, 2.24) is 4.98 Å². The van der Waals surface area contributed by atoms with Gasteiger partial charge in [0.15, 0.2) is 5.78 Å². The molecule has 2 aromatic rings. The molecule has 2 atom stereocenters. The van der Waals surface area contributed by atoms with Crippen molar-refractivity contribution in [3.63, 3.8) is 0 Å². The van der Waals surface area contributed by atoms with Gasteiger partial charge in [-0.15, -0.1) is 0 Å². The first kappa shape index (κ1) is 15.8. The molecule has 1 saturated carbocycles. The highest BCUT2D eigenvalue weighted by atomic mass is 35.5.